The minimum absolute atomic E-state index is 0.0392. The van der Waals surface area contributed by atoms with Crippen LogP contribution in [0.15, 0.2) is 29.1 Å². The fourth-order valence-corrected chi connectivity index (χ4v) is 7.37. The maximum atomic E-state index is 14.9. The molecule has 0 aliphatic carbocycles. The van der Waals surface area contributed by atoms with Crippen LogP contribution in [-0.2, 0) is 6.42 Å². The molecule has 3 saturated heterocycles. The number of rotatable bonds is 6. The number of H-pyrrole nitrogens is 1. The molecule has 2 aromatic heterocycles. The van der Waals surface area contributed by atoms with Gasteiger partial charge in [-0.2, -0.15) is 9.97 Å². The van der Waals surface area contributed by atoms with E-state index in [-0.39, 0.29) is 35.3 Å². The van der Waals surface area contributed by atoms with E-state index in [0.29, 0.717) is 58.3 Å². The van der Waals surface area contributed by atoms with Crippen LogP contribution in [0.1, 0.15) is 57.4 Å². The van der Waals surface area contributed by atoms with Crippen molar-refractivity contribution in [1.29, 1.82) is 0 Å². The first-order valence-corrected chi connectivity index (χ1v) is 15.1. The van der Waals surface area contributed by atoms with Crippen LogP contribution in [0.4, 0.5) is 14.6 Å². The number of aryl methyl sites for hydroxylation is 1. The van der Waals surface area contributed by atoms with Gasteiger partial charge in [-0.25, -0.2) is 13.5 Å². The summed E-state index contributed by atoms with van der Waals surface area (Å²) in [4.78, 5) is 27.9. The first-order valence-electron chi connectivity index (χ1n) is 15.1. The second kappa shape index (κ2) is 10.5. The third kappa shape index (κ3) is 4.49. The molecule has 5 heterocycles. The van der Waals surface area contributed by atoms with Crippen molar-refractivity contribution >= 4 is 27.6 Å². The molecule has 11 heteroatoms. The smallest absolute Gasteiger partial charge is 0.320 e. The molecule has 0 unspecified atom stereocenters. The van der Waals surface area contributed by atoms with Gasteiger partial charge < -0.3 is 14.7 Å². The lowest BCUT2D eigenvalue weighted by molar-refractivity contribution is 0.107. The molecule has 9 nitrogen and oxygen atoms in total. The second-order valence-corrected chi connectivity index (χ2v) is 12.0. The van der Waals surface area contributed by atoms with Gasteiger partial charge in [-0.15, -0.1) is 0 Å². The van der Waals surface area contributed by atoms with Crippen molar-refractivity contribution in [3.8, 4) is 17.4 Å². The Kier molecular flexibility index (Phi) is 6.79. The van der Waals surface area contributed by atoms with Crippen molar-refractivity contribution in [3.05, 3.63) is 46.0 Å². The molecular formula is C31H36F2N6O3. The maximum absolute atomic E-state index is 14.9. The standard InChI is InChI=1S/C31H36F2N6O3/c1-2-22-23(33)9-8-19-14-21(40)15-24(25(19)22)39-29(41)26-27(36-39)34-30(35-28(26)37-11-5-3-4-6-12-37)42-18-31-10-7-13-38(31)17-20(32)16-31/h8-9,14-15,20,40H,2-7,10-13,16-18H2,1H3,(H,34,35,36)/t20-,31+/m1/s1. The second-order valence-electron chi connectivity index (χ2n) is 12.0. The third-order valence-electron chi connectivity index (χ3n) is 9.37. The number of alkyl halides is 1. The summed E-state index contributed by atoms with van der Waals surface area (Å²) in [6, 6.07) is 6.16. The summed E-state index contributed by atoms with van der Waals surface area (Å²) in [5.74, 6) is 0.0890. The number of benzene rings is 2. The van der Waals surface area contributed by atoms with Gasteiger partial charge in [-0.1, -0.05) is 25.8 Å². The predicted octanol–water partition coefficient (Wildman–Crippen LogP) is 5.00. The maximum Gasteiger partial charge on any atom is 0.320 e. The van der Waals surface area contributed by atoms with E-state index >= 15 is 0 Å². The zero-order chi connectivity index (χ0) is 29.0. The van der Waals surface area contributed by atoms with Crippen molar-refractivity contribution in [3.63, 3.8) is 0 Å². The average molecular weight is 579 g/mol. The van der Waals surface area contributed by atoms with Gasteiger partial charge in [-0.05, 0) is 61.7 Å². The minimum Gasteiger partial charge on any atom is -0.508 e. The topological polar surface area (TPSA) is 99.5 Å². The fourth-order valence-electron chi connectivity index (χ4n) is 7.37. The number of ether oxygens (including phenoxy) is 1. The summed E-state index contributed by atoms with van der Waals surface area (Å²) in [5, 5.41) is 15.2. The molecule has 42 heavy (non-hydrogen) atoms. The number of nitrogens with zero attached hydrogens (tertiary/aromatic N) is 5. The molecule has 3 aliphatic heterocycles. The van der Waals surface area contributed by atoms with E-state index in [4.69, 9.17) is 9.72 Å². The van der Waals surface area contributed by atoms with E-state index in [1.807, 2.05) is 6.92 Å². The normalized spacial score (nSPS) is 23.1. The van der Waals surface area contributed by atoms with Crippen LogP contribution in [0.25, 0.3) is 27.5 Å². The van der Waals surface area contributed by atoms with Crippen LogP contribution in [-0.4, -0.2) is 74.3 Å². The molecule has 3 fully saturated rings. The molecule has 2 N–H and O–H groups in total. The monoisotopic (exact) mass is 578 g/mol. The number of aromatic hydroxyl groups is 1. The summed E-state index contributed by atoms with van der Waals surface area (Å²) in [6.07, 6.45) is 6.01. The molecule has 2 aromatic carbocycles. The van der Waals surface area contributed by atoms with E-state index in [0.717, 1.165) is 58.2 Å². The number of anilines is 1. The van der Waals surface area contributed by atoms with Gasteiger partial charge in [0.05, 0.1) is 11.2 Å². The van der Waals surface area contributed by atoms with Crippen LogP contribution in [0.2, 0.25) is 0 Å². The predicted molar refractivity (Wildman–Crippen MR) is 157 cm³/mol. The molecule has 3 aliphatic rings. The Morgan fingerprint density at radius 1 is 1.10 bits per heavy atom. The number of hydrogen-bond donors (Lipinski definition) is 2. The van der Waals surface area contributed by atoms with Crippen LogP contribution in [0.5, 0.6) is 11.8 Å². The van der Waals surface area contributed by atoms with Gasteiger partial charge in [0.25, 0.3) is 5.56 Å². The van der Waals surface area contributed by atoms with E-state index in [2.05, 4.69) is 19.9 Å². The largest absolute Gasteiger partial charge is 0.508 e. The van der Waals surface area contributed by atoms with Crippen molar-refractivity contribution in [2.75, 3.05) is 37.7 Å². The highest BCUT2D eigenvalue weighted by molar-refractivity contribution is 5.95. The molecule has 4 aromatic rings. The fraction of sp³-hybridized carbons (Fsp3) is 0.516. The van der Waals surface area contributed by atoms with Gasteiger partial charge in [0, 0.05) is 37.5 Å². The Bertz CT molecular complexity index is 1710. The van der Waals surface area contributed by atoms with Gasteiger partial charge >= 0.3 is 6.01 Å². The number of phenols is 1. The van der Waals surface area contributed by atoms with Crippen LogP contribution < -0.4 is 15.2 Å². The molecular weight excluding hydrogens is 542 g/mol. The van der Waals surface area contributed by atoms with Gasteiger partial charge in [-0.3, -0.25) is 14.8 Å². The van der Waals surface area contributed by atoms with E-state index in [9.17, 15) is 18.7 Å². The molecule has 0 bridgehead atoms. The molecule has 0 spiro atoms. The zero-order valence-electron chi connectivity index (χ0n) is 23.8. The van der Waals surface area contributed by atoms with Crippen LogP contribution in [0, 0.1) is 5.82 Å². The Morgan fingerprint density at radius 2 is 1.90 bits per heavy atom. The lowest BCUT2D eigenvalue weighted by Gasteiger charge is -2.31. The number of aromatic nitrogens is 4. The van der Waals surface area contributed by atoms with E-state index < -0.39 is 6.17 Å². The quantitative estimate of drug-likeness (QED) is 0.332. The number of halogens is 2. The molecule has 0 saturated carbocycles. The van der Waals surface area contributed by atoms with Crippen molar-refractivity contribution in [1.82, 2.24) is 24.6 Å². The Labute approximate surface area is 242 Å². The summed E-state index contributed by atoms with van der Waals surface area (Å²) >= 11 is 0. The molecule has 0 amide bonds. The lowest BCUT2D eigenvalue weighted by atomic mass is 9.95. The first kappa shape index (κ1) is 27.1. The number of nitrogens with one attached hydrogen (secondary N) is 1. The number of fused-ring (bicyclic) bond motifs is 3. The first-order chi connectivity index (χ1) is 20.4. The highest BCUT2D eigenvalue weighted by Crippen LogP contribution is 2.40. The summed E-state index contributed by atoms with van der Waals surface area (Å²) < 4.78 is 36.9. The van der Waals surface area contributed by atoms with Gasteiger partial charge in [0.2, 0.25) is 0 Å². The highest BCUT2D eigenvalue weighted by Gasteiger charge is 2.49. The highest BCUT2D eigenvalue weighted by atomic mass is 19.1. The van der Waals surface area contributed by atoms with Crippen molar-refractivity contribution in [2.24, 2.45) is 0 Å². The van der Waals surface area contributed by atoms with Gasteiger partial charge in [0.1, 0.15) is 29.7 Å². The zero-order valence-corrected chi connectivity index (χ0v) is 23.8. The molecule has 7 rings (SSSR count). The SMILES string of the molecule is CCc1c(F)ccc2cc(O)cc(-n3[nH]c4nc(OC[C@@]56CCCN5C[C@H](F)C6)nc(N5CCCCCC5)c4c3=O)c12. The lowest BCUT2D eigenvalue weighted by Crippen LogP contribution is -2.43. The number of aromatic amines is 1. The van der Waals surface area contributed by atoms with Crippen molar-refractivity contribution < 1.29 is 18.6 Å². The Morgan fingerprint density at radius 3 is 2.69 bits per heavy atom. The Hall–Kier alpha value is -3.73. The minimum atomic E-state index is -0.870. The molecule has 222 valence electrons. The van der Waals surface area contributed by atoms with E-state index in [1.165, 1.54) is 16.8 Å². The number of hydrogen-bond acceptors (Lipinski definition) is 7. The Balaban J connectivity index is 1.37. The van der Waals surface area contributed by atoms with Crippen molar-refractivity contribution in [2.45, 2.75) is 70.0 Å². The molecule has 2 atom stereocenters. The molecule has 0 radical (unpaired) electrons. The summed E-state index contributed by atoms with van der Waals surface area (Å²) in [5.41, 5.74) is 0.352. The van der Waals surface area contributed by atoms with Crippen LogP contribution in [0.3, 0.4) is 0 Å². The van der Waals surface area contributed by atoms with E-state index in [1.54, 1.807) is 12.1 Å². The average Bonchev–Trinajstić information content (AvgIpc) is 3.51. The number of phenolic OH excluding ortho intramolecular Hbond substituents is 1. The van der Waals surface area contributed by atoms with Gasteiger partial charge in [0.15, 0.2) is 11.5 Å². The summed E-state index contributed by atoms with van der Waals surface area (Å²) in [6.45, 7) is 4.91. The van der Waals surface area contributed by atoms with Crippen LogP contribution >= 0.6 is 0 Å². The third-order valence-corrected chi connectivity index (χ3v) is 9.37. The summed E-state index contributed by atoms with van der Waals surface area (Å²) in [7, 11) is 0.